The SMILES string of the molecule is CC[C@@H](C)N(C(=O)CN(C)CC(=O)Nc1cc(Cl)ccc1OC)[C@H](C)CC. The number of methoxy groups -OCH3 is 1. The highest BCUT2D eigenvalue weighted by atomic mass is 35.5. The summed E-state index contributed by atoms with van der Waals surface area (Å²) in [5.41, 5.74) is 0.510. The summed E-state index contributed by atoms with van der Waals surface area (Å²) in [4.78, 5) is 28.8. The third-order valence-electron chi connectivity index (χ3n) is 4.67. The van der Waals surface area contributed by atoms with Gasteiger partial charge in [0, 0.05) is 17.1 Å². The molecule has 6 nitrogen and oxygen atoms in total. The standard InChI is InChI=1S/C20H32ClN3O3/c1-7-14(3)24(15(4)8-2)20(26)13-23(5)12-19(25)22-17-11-16(21)9-10-18(17)27-6/h9-11,14-15H,7-8,12-13H2,1-6H3,(H,22,25)/t14-,15-/m1/s1. The number of nitrogens with zero attached hydrogens (tertiary/aromatic N) is 2. The minimum absolute atomic E-state index is 0.0364. The first-order valence-corrected chi connectivity index (χ1v) is 9.74. The van der Waals surface area contributed by atoms with Crippen molar-refractivity contribution in [3.63, 3.8) is 0 Å². The minimum Gasteiger partial charge on any atom is -0.495 e. The van der Waals surface area contributed by atoms with E-state index in [1.807, 2.05) is 4.90 Å². The first-order valence-electron chi connectivity index (χ1n) is 9.36. The molecule has 0 heterocycles. The molecule has 1 aromatic rings. The quantitative estimate of drug-likeness (QED) is 0.654. The van der Waals surface area contributed by atoms with Crippen molar-refractivity contribution in [2.75, 3.05) is 32.6 Å². The highest BCUT2D eigenvalue weighted by Crippen LogP contribution is 2.27. The van der Waals surface area contributed by atoms with Crippen LogP contribution >= 0.6 is 11.6 Å². The minimum atomic E-state index is -0.232. The smallest absolute Gasteiger partial charge is 0.238 e. The monoisotopic (exact) mass is 397 g/mol. The Morgan fingerprint density at radius 2 is 1.74 bits per heavy atom. The summed E-state index contributed by atoms with van der Waals surface area (Å²) in [5, 5.41) is 3.30. The van der Waals surface area contributed by atoms with Gasteiger partial charge in [-0.15, -0.1) is 0 Å². The Morgan fingerprint density at radius 3 is 2.26 bits per heavy atom. The van der Waals surface area contributed by atoms with Gasteiger partial charge in [0.2, 0.25) is 11.8 Å². The molecule has 0 bridgehead atoms. The van der Waals surface area contributed by atoms with E-state index in [-0.39, 0.29) is 37.0 Å². The lowest BCUT2D eigenvalue weighted by Crippen LogP contribution is -2.49. The van der Waals surface area contributed by atoms with Gasteiger partial charge in [0.25, 0.3) is 0 Å². The number of rotatable bonds is 10. The predicted molar refractivity (Wildman–Crippen MR) is 110 cm³/mol. The molecule has 0 aromatic heterocycles. The summed E-state index contributed by atoms with van der Waals surface area (Å²) < 4.78 is 5.23. The molecule has 1 N–H and O–H groups in total. The molecule has 0 radical (unpaired) electrons. The average molecular weight is 398 g/mol. The maximum Gasteiger partial charge on any atom is 0.238 e. The van der Waals surface area contributed by atoms with E-state index in [4.69, 9.17) is 16.3 Å². The third-order valence-corrected chi connectivity index (χ3v) is 4.91. The molecular formula is C20H32ClN3O3. The van der Waals surface area contributed by atoms with Crippen LogP contribution in [0.1, 0.15) is 40.5 Å². The number of nitrogens with one attached hydrogen (secondary N) is 1. The number of ether oxygens (including phenoxy) is 1. The van der Waals surface area contributed by atoms with Gasteiger partial charge in [-0.05, 0) is 51.9 Å². The third kappa shape index (κ3) is 7.03. The average Bonchev–Trinajstić information content (AvgIpc) is 2.61. The Balaban J connectivity index is 2.70. The van der Waals surface area contributed by atoms with E-state index in [1.165, 1.54) is 7.11 Å². The maximum atomic E-state index is 12.8. The van der Waals surface area contributed by atoms with Crippen LogP contribution in [0.15, 0.2) is 18.2 Å². The number of likely N-dealkylation sites (N-methyl/N-ethyl adjacent to an activating group) is 1. The highest BCUT2D eigenvalue weighted by Gasteiger charge is 2.24. The largest absolute Gasteiger partial charge is 0.495 e. The molecule has 0 fully saturated rings. The van der Waals surface area contributed by atoms with Crippen molar-refractivity contribution >= 4 is 29.1 Å². The molecule has 2 amide bonds. The fourth-order valence-electron chi connectivity index (χ4n) is 2.90. The van der Waals surface area contributed by atoms with E-state index in [2.05, 4.69) is 33.0 Å². The summed E-state index contributed by atoms with van der Waals surface area (Å²) in [6.45, 7) is 8.54. The van der Waals surface area contributed by atoms with Crippen LogP contribution in [0, 0.1) is 0 Å². The van der Waals surface area contributed by atoms with Gasteiger partial charge in [0.15, 0.2) is 0 Å². The van der Waals surface area contributed by atoms with Crippen LogP contribution in [-0.4, -0.2) is 60.9 Å². The lowest BCUT2D eigenvalue weighted by atomic mass is 10.1. The number of carbonyl (C=O) groups is 2. The second-order valence-corrected chi connectivity index (χ2v) is 7.32. The Morgan fingerprint density at radius 1 is 1.15 bits per heavy atom. The molecule has 1 aromatic carbocycles. The van der Waals surface area contributed by atoms with Crippen molar-refractivity contribution in [1.82, 2.24) is 9.80 Å². The Labute approximate surface area is 167 Å². The zero-order valence-corrected chi connectivity index (χ0v) is 18.0. The summed E-state index contributed by atoms with van der Waals surface area (Å²) >= 11 is 5.99. The summed E-state index contributed by atoms with van der Waals surface area (Å²) in [5.74, 6) is 0.338. The highest BCUT2D eigenvalue weighted by molar-refractivity contribution is 6.31. The van der Waals surface area contributed by atoms with E-state index >= 15 is 0 Å². The van der Waals surface area contributed by atoms with Crippen LogP contribution < -0.4 is 10.1 Å². The Bertz CT molecular complexity index is 629. The van der Waals surface area contributed by atoms with E-state index in [9.17, 15) is 9.59 Å². The lowest BCUT2D eigenvalue weighted by molar-refractivity contribution is -0.136. The number of amides is 2. The van der Waals surface area contributed by atoms with E-state index in [1.54, 1.807) is 30.1 Å². The summed E-state index contributed by atoms with van der Waals surface area (Å²) in [6.07, 6.45) is 1.80. The molecule has 27 heavy (non-hydrogen) atoms. The van der Waals surface area contributed by atoms with Crippen molar-refractivity contribution in [2.45, 2.75) is 52.6 Å². The molecule has 1 rings (SSSR count). The van der Waals surface area contributed by atoms with Crippen LogP contribution in [0.2, 0.25) is 5.02 Å². The number of hydrogen-bond acceptors (Lipinski definition) is 4. The normalized spacial score (nSPS) is 13.2. The number of hydrogen-bond donors (Lipinski definition) is 1. The molecule has 0 spiro atoms. The molecule has 0 aliphatic carbocycles. The van der Waals surface area contributed by atoms with Crippen molar-refractivity contribution < 1.29 is 14.3 Å². The van der Waals surface area contributed by atoms with Gasteiger partial charge in [-0.25, -0.2) is 0 Å². The molecule has 0 aliphatic rings. The number of benzene rings is 1. The van der Waals surface area contributed by atoms with Gasteiger partial charge in [0.05, 0.1) is 25.9 Å². The van der Waals surface area contributed by atoms with Gasteiger partial charge in [0.1, 0.15) is 5.75 Å². The number of anilines is 1. The van der Waals surface area contributed by atoms with Gasteiger partial charge in [-0.3, -0.25) is 14.5 Å². The summed E-state index contributed by atoms with van der Waals surface area (Å²) in [6, 6.07) is 5.37. The number of carbonyl (C=O) groups excluding carboxylic acids is 2. The molecule has 0 saturated carbocycles. The number of halogens is 1. The van der Waals surface area contributed by atoms with Crippen molar-refractivity contribution in [3.8, 4) is 5.75 Å². The Hall–Kier alpha value is -1.79. The van der Waals surface area contributed by atoms with Gasteiger partial charge in [-0.2, -0.15) is 0 Å². The van der Waals surface area contributed by atoms with Crippen molar-refractivity contribution in [1.29, 1.82) is 0 Å². The predicted octanol–water partition coefficient (Wildman–Crippen LogP) is 3.64. The topological polar surface area (TPSA) is 61.9 Å². The zero-order chi connectivity index (χ0) is 20.6. The first kappa shape index (κ1) is 23.2. The second kappa shape index (κ2) is 11.1. The fraction of sp³-hybridized carbons (Fsp3) is 0.600. The molecule has 0 unspecified atom stereocenters. The van der Waals surface area contributed by atoms with E-state index < -0.39 is 0 Å². The zero-order valence-electron chi connectivity index (χ0n) is 17.2. The molecule has 152 valence electrons. The first-order chi connectivity index (χ1) is 12.7. The van der Waals surface area contributed by atoms with Gasteiger partial charge < -0.3 is 15.0 Å². The lowest BCUT2D eigenvalue weighted by Gasteiger charge is -2.35. The van der Waals surface area contributed by atoms with Crippen LogP contribution in [-0.2, 0) is 9.59 Å². The molecule has 0 saturated heterocycles. The fourth-order valence-corrected chi connectivity index (χ4v) is 3.07. The summed E-state index contributed by atoms with van der Waals surface area (Å²) in [7, 11) is 3.29. The maximum absolute atomic E-state index is 12.8. The van der Waals surface area contributed by atoms with Gasteiger partial charge in [-0.1, -0.05) is 25.4 Å². The van der Waals surface area contributed by atoms with Crippen molar-refractivity contribution in [2.24, 2.45) is 0 Å². The van der Waals surface area contributed by atoms with Crippen LogP contribution in [0.25, 0.3) is 0 Å². The molecule has 7 heteroatoms. The van der Waals surface area contributed by atoms with Crippen LogP contribution in [0.4, 0.5) is 5.69 Å². The second-order valence-electron chi connectivity index (χ2n) is 6.88. The Kier molecular flexibility index (Phi) is 9.60. The van der Waals surface area contributed by atoms with E-state index in [0.29, 0.717) is 16.5 Å². The van der Waals surface area contributed by atoms with Gasteiger partial charge >= 0.3 is 0 Å². The van der Waals surface area contributed by atoms with Crippen molar-refractivity contribution in [3.05, 3.63) is 23.2 Å². The molecule has 0 aliphatic heterocycles. The van der Waals surface area contributed by atoms with Crippen LogP contribution in [0.5, 0.6) is 5.75 Å². The molecular weight excluding hydrogens is 366 g/mol. The van der Waals surface area contributed by atoms with E-state index in [0.717, 1.165) is 12.8 Å². The van der Waals surface area contributed by atoms with Crippen LogP contribution in [0.3, 0.4) is 0 Å². The molecule has 2 atom stereocenters.